The van der Waals surface area contributed by atoms with Crippen LogP contribution in [0, 0.1) is 11.8 Å². The minimum Gasteiger partial charge on any atom is -0.287 e. The maximum absolute atomic E-state index is 12.3. The Bertz CT molecular complexity index is 7400. The molecule has 4 aliphatic rings. The van der Waals surface area contributed by atoms with Crippen LogP contribution in [-0.4, -0.2) is 5.12 Å². The molecule has 33 rings (SSSR count). The van der Waals surface area contributed by atoms with E-state index < -0.39 is 10.8 Å². The van der Waals surface area contributed by atoms with Crippen molar-refractivity contribution < 1.29 is 4.79 Å². The van der Waals surface area contributed by atoms with Crippen LogP contribution in [-0.2, 0) is 15.6 Å². The number of hydrogen-bond acceptors (Lipinski definition) is 2. The van der Waals surface area contributed by atoms with E-state index in [0.29, 0.717) is 0 Å². The summed E-state index contributed by atoms with van der Waals surface area (Å²) in [6, 6.07) is 8.65. The number of rotatable bonds is 1. The minimum absolute atomic E-state index is 0.117. The molecule has 0 aliphatic heterocycles. The van der Waals surface area contributed by atoms with E-state index >= 15 is 0 Å². The first-order chi connectivity index (χ1) is 36.1. The highest BCUT2D eigenvalue weighted by molar-refractivity contribution is 8.13. The van der Waals surface area contributed by atoms with Gasteiger partial charge in [-0.25, -0.2) is 0 Å². The van der Waals surface area contributed by atoms with Gasteiger partial charge < -0.3 is 0 Å². The van der Waals surface area contributed by atoms with Gasteiger partial charge in [-0.1, -0.05) is 23.6 Å². The molecule has 0 radical (unpaired) electrons. The van der Waals surface area contributed by atoms with E-state index in [0.717, 1.165) is 10.5 Å². The van der Waals surface area contributed by atoms with Crippen molar-refractivity contribution in [2.45, 2.75) is 29.6 Å². The fourth-order valence-corrected chi connectivity index (χ4v) is 25.4. The summed E-state index contributed by atoms with van der Waals surface area (Å²) in [4.78, 5) is 13.3. The summed E-state index contributed by atoms with van der Waals surface area (Å²) in [5.41, 5.74) is 6.35. The number of hydrogen-bond donors (Lipinski definition) is 0. The molecule has 0 bridgehead atoms. The number of thioether (sulfide) groups is 1. The minimum atomic E-state index is -0.634. The van der Waals surface area contributed by atoms with Crippen LogP contribution in [0.4, 0.5) is 0 Å². The Balaban J connectivity index is 1.11. The molecule has 0 spiro atoms. The fraction of sp³-hybridized carbons (Fsp3) is 0.0563. The maximum atomic E-state index is 12.3. The summed E-state index contributed by atoms with van der Waals surface area (Å²) in [5.74, 6) is 8.70. The van der Waals surface area contributed by atoms with Crippen molar-refractivity contribution in [2.75, 3.05) is 0 Å². The smallest absolute Gasteiger partial charge is 0.190 e. The second kappa shape index (κ2) is 6.57. The molecule has 0 atom stereocenters. The van der Waals surface area contributed by atoms with Crippen LogP contribution in [0.3, 0.4) is 0 Å². The van der Waals surface area contributed by atoms with Crippen molar-refractivity contribution in [3.05, 3.63) is 52.1 Å². The average Bonchev–Trinajstić information content (AvgIpc) is 3.65. The largest absolute Gasteiger partial charge is 0.287 e. The Morgan fingerprint density at radius 3 is 0.699 bits per heavy atom. The molecule has 1 nitrogen and oxygen atoms in total. The number of carbonyl (C=O) groups is 1. The van der Waals surface area contributed by atoms with Gasteiger partial charge in [0.25, 0.3) is 0 Å². The van der Waals surface area contributed by atoms with Gasteiger partial charge in [-0.05, 0) is 344 Å². The van der Waals surface area contributed by atoms with Gasteiger partial charge in [-0.15, -0.1) is 0 Å². The Hall–Kier alpha value is -8.74. The third-order valence-corrected chi connectivity index (χ3v) is 26.1. The van der Waals surface area contributed by atoms with E-state index in [1.54, 1.807) is 320 Å². The molecule has 0 N–H and O–H groups in total. The van der Waals surface area contributed by atoms with Crippen LogP contribution in [0.2, 0.25) is 0 Å². The first-order valence-electron chi connectivity index (χ1n) is 26.7. The van der Waals surface area contributed by atoms with E-state index in [2.05, 4.69) is 43.0 Å². The zero-order valence-corrected chi connectivity index (χ0v) is 38.4. The molecule has 2 heteroatoms. The summed E-state index contributed by atoms with van der Waals surface area (Å²) in [6.45, 7) is 4.43. The summed E-state index contributed by atoms with van der Waals surface area (Å²) in [5, 5.41) is 87.2. The van der Waals surface area contributed by atoms with Gasteiger partial charge in [-0.3, -0.25) is 4.79 Å². The molecule has 0 saturated heterocycles. The summed E-state index contributed by atoms with van der Waals surface area (Å²) >= 11 is 1.32. The lowest BCUT2D eigenvalue weighted by Crippen LogP contribution is -2.49. The van der Waals surface area contributed by atoms with Crippen molar-refractivity contribution in [2.24, 2.45) is 0 Å². The Morgan fingerprint density at radius 2 is 0.493 bits per heavy atom. The highest BCUT2D eigenvalue weighted by atomic mass is 32.2. The predicted molar refractivity (Wildman–Crippen MR) is 309 cm³/mol. The van der Waals surface area contributed by atoms with Crippen LogP contribution in [0.15, 0.2) is 29.2 Å². The molecule has 4 aliphatic carbocycles. The lowest BCUT2D eigenvalue weighted by atomic mass is 9.49. The van der Waals surface area contributed by atoms with E-state index in [1.165, 1.54) is 11.8 Å². The van der Waals surface area contributed by atoms with Crippen molar-refractivity contribution in [3.63, 3.8) is 0 Å². The Labute approximate surface area is 403 Å². The third kappa shape index (κ3) is 1.61. The molecular weight excluding hydrogens is 901 g/mol. The quantitative estimate of drug-likeness (QED) is 0.0927. The molecule has 0 heterocycles. The highest BCUT2D eigenvalue weighted by Crippen LogP contribution is 2.84. The molecule has 29 aromatic carbocycles. The molecule has 0 saturated carbocycles. The van der Waals surface area contributed by atoms with Crippen LogP contribution >= 0.6 is 11.8 Å². The SMILES string of the molecule is CC(=O)Sc1ccc(C#CC23c4c5c6c7c8c9c(c%10c%11c2c2c4c4c%12c5c5c6c6c8c8c%13c9c9c%10c%10c%11c%11c2c2c4c4c%12c%12c5c5c6c8c6c8c%13c9c9c%10c%10c%11c2c2c4c4c%12c5c6c5c8c9c%10c2c45)C73C)cc1. The van der Waals surface area contributed by atoms with Gasteiger partial charge in [0.15, 0.2) is 5.12 Å². The van der Waals surface area contributed by atoms with E-state index in [4.69, 9.17) is 0 Å². The third-order valence-electron chi connectivity index (χ3n) is 25.3. The van der Waals surface area contributed by atoms with Crippen molar-refractivity contribution >= 4 is 308 Å². The van der Waals surface area contributed by atoms with Gasteiger partial charge in [-0.2, -0.15) is 0 Å². The molecule has 0 amide bonds. The molecule has 0 fully saturated rings. The molecule has 29 aromatic rings. The van der Waals surface area contributed by atoms with Gasteiger partial charge in [0.05, 0.1) is 5.41 Å². The number of benzene rings is 19. The monoisotopic (exact) mass is 910 g/mol. The van der Waals surface area contributed by atoms with Gasteiger partial charge in [0.1, 0.15) is 0 Å². The first-order valence-corrected chi connectivity index (χ1v) is 27.5. The molecule has 306 valence electrons. The normalized spacial score (nSPS) is 21.1. The zero-order valence-electron chi connectivity index (χ0n) is 37.6. The van der Waals surface area contributed by atoms with E-state index in [-0.39, 0.29) is 5.12 Å². The topological polar surface area (TPSA) is 17.1 Å². The van der Waals surface area contributed by atoms with Gasteiger partial charge in [0, 0.05) is 22.8 Å². The lowest BCUT2D eigenvalue weighted by molar-refractivity contribution is -0.109. The Kier molecular flexibility index (Phi) is 2.55. The molecule has 0 unspecified atom stereocenters. The Morgan fingerprint density at radius 1 is 0.301 bits per heavy atom. The second-order valence-corrected chi connectivity index (χ2v) is 27.2. The molecule has 0 aromatic heterocycles. The molecule has 73 heavy (non-hydrogen) atoms. The van der Waals surface area contributed by atoms with E-state index in [1.807, 2.05) is 0 Å². The van der Waals surface area contributed by atoms with Crippen LogP contribution < -0.4 is 0 Å². The molecular formula is C71H10OS. The van der Waals surface area contributed by atoms with Crippen molar-refractivity contribution in [3.8, 4) is 11.8 Å². The van der Waals surface area contributed by atoms with Gasteiger partial charge >= 0.3 is 0 Å². The standard InChI is InChI=1S/C71H10OS/c1-9(72)73-11-5-3-10(4-6-11)7-8-71-68-62-56-46-34-26-18-14-12-13-16-20(18)28(34)38-32-24(16)25-17(13)21-19-15(12)23-22(14)30-36(26)44-50-40(30)41-31(23)37-27(19)35-29(21)39-33(25)43-42(32)54(48(38)56)64(68)65-55(43)49(39)57-47(35)53-45(37)51(41)59-58(50)66(60(62)52(44)46)70(71,2)67(59)61(53)63(57)69(65)71/h3-6H,1-2H3. The lowest BCUT2D eigenvalue weighted by Gasteiger charge is -2.49. The van der Waals surface area contributed by atoms with Crippen LogP contribution in [0.25, 0.3) is 291 Å². The summed E-state index contributed by atoms with van der Waals surface area (Å²) in [6.07, 6.45) is 0. The maximum Gasteiger partial charge on any atom is 0.190 e. The number of carbonyl (C=O) groups excluding carboxylic acids is 1. The fourth-order valence-electron chi connectivity index (χ4n) is 24.8. The predicted octanol–water partition coefficient (Wildman–Crippen LogP) is 19.0. The summed E-state index contributed by atoms with van der Waals surface area (Å²) < 4.78 is 0. The zero-order chi connectivity index (χ0) is 44.2. The van der Waals surface area contributed by atoms with Crippen LogP contribution in [0.1, 0.15) is 41.7 Å². The van der Waals surface area contributed by atoms with E-state index in [9.17, 15) is 4.79 Å². The average molecular weight is 911 g/mol. The summed E-state index contributed by atoms with van der Waals surface area (Å²) in [7, 11) is 0. The van der Waals surface area contributed by atoms with Crippen molar-refractivity contribution in [1.29, 1.82) is 0 Å². The van der Waals surface area contributed by atoms with Crippen LogP contribution in [0.5, 0.6) is 0 Å². The first kappa shape index (κ1) is 28.3. The van der Waals surface area contributed by atoms with Gasteiger partial charge in [0.2, 0.25) is 0 Å². The van der Waals surface area contributed by atoms with Crippen molar-refractivity contribution in [1.82, 2.24) is 0 Å². The highest BCUT2D eigenvalue weighted by Gasteiger charge is 2.68. The second-order valence-electron chi connectivity index (χ2n) is 26.0.